The van der Waals surface area contributed by atoms with Crippen LogP contribution in [0, 0.1) is 5.41 Å². The number of nitrogens with zero attached hydrogens (tertiary/aromatic N) is 1. The summed E-state index contributed by atoms with van der Waals surface area (Å²) >= 11 is 0. The summed E-state index contributed by atoms with van der Waals surface area (Å²) in [5, 5.41) is 3.77. The minimum absolute atomic E-state index is 0.455. The summed E-state index contributed by atoms with van der Waals surface area (Å²) in [6.45, 7) is 12.5. The summed E-state index contributed by atoms with van der Waals surface area (Å²) < 4.78 is 5.85. The molecule has 1 heterocycles. The maximum Gasteiger partial charge on any atom is 0.0702 e. The molecule has 1 saturated heterocycles. The fraction of sp³-hybridized carbons (Fsp3) is 1.00. The van der Waals surface area contributed by atoms with Crippen LogP contribution in [0.2, 0.25) is 0 Å². The van der Waals surface area contributed by atoms with Crippen LogP contribution in [-0.4, -0.2) is 49.8 Å². The molecule has 2 fully saturated rings. The first kappa shape index (κ1) is 16.3. The highest BCUT2D eigenvalue weighted by molar-refractivity contribution is 4.89. The molecule has 0 aromatic rings. The molecule has 118 valence electrons. The zero-order valence-electron chi connectivity index (χ0n) is 13.8. The van der Waals surface area contributed by atoms with Gasteiger partial charge >= 0.3 is 0 Å². The second kappa shape index (κ2) is 7.77. The molecule has 3 nitrogen and oxygen atoms in total. The highest BCUT2D eigenvalue weighted by Crippen LogP contribution is 2.30. The Morgan fingerprint density at radius 2 is 1.90 bits per heavy atom. The van der Waals surface area contributed by atoms with Gasteiger partial charge in [-0.2, -0.15) is 0 Å². The molecule has 0 spiro atoms. The van der Waals surface area contributed by atoms with Crippen LogP contribution in [-0.2, 0) is 4.74 Å². The molecular weight excluding hydrogens is 248 g/mol. The Kier molecular flexibility index (Phi) is 6.31. The van der Waals surface area contributed by atoms with E-state index in [9.17, 15) is 0 Å². The summed E-state index contributed by atoms with van der Waals surface area (Å²) in [5.74, 6) is 0. The number of piperidine rings is 1. The van der Waals surface area contributed by atoms with E-state index < -0.39 is 0 Å². The highest BCUT2D eigenvalue weighted by Gasteiger charge is 2.33. The standard InChI is InChI=1S/C17H34N2O/c1-4-17(5-2,13-18-15-9-10-15)14-19-11-7-8-16(12-19)20-6-3/h15-16,18H,4-14H2,1-3H3. The second-order valence-electron chi connectivity index (χ2n) is 6.82. The van der Waals surface area contributed by atoms with Gasteiger partial charge in [-0.1, -0.05) is 13.8 Å². The van der Waals surface area contributed by atoms with Crippen molar-refractivity contribution in [2.45, 2.75) is 71.4 Å². The molecule has 20 heavy (non-hydrogen) atoms. The number of likely N-dealkylation sites (tertiary alicyclic amines) is 1. The fourth-order valence-electron chi connectivity index (χ4n) is 3.43. The molecule has 1 aliphatic carbocycles. The van der Waals surface area contributed by atoms with Crippen LogP contribution in [0.4, 0.5) is 0 Å². The fourth-order valence-corrected chi connectivity index (χ4v) is 3.43. The molecular formula is C17H34N2O. The van der Waals surface area contributed by atoms with Crippen LogP contribution in [0.15, 0.2) is 0 Å². The summed E-state index contributed by atoms with van der Waals surface area (Å²) in [6, 6.07) is 0.824. The van der Waals surface area contributed by atoms with Crippen LogP contribution in [0.25, 0.3) is 0 Å². The van der Waals surface area contributed by atoms with Crippen LogP contribution < -0.4 is 5.32 Å². The molecule has 2 aliphatic rings. The van der Waals surface area contributed by atoms with Crippen molar-refractivity contribution in [2.75, 3.05) is 32.8 Å². The topological polar surface area (TPSA) is 24.5 Å². The third kappa shape index (κ3) is 4.71. The molecule has 0 aromatic carbocycles. The monoisotopic (exact) mass is 282 g/mol. The molecule has 2 rings (SSSR count). The number of ether oxygens (including phenoxy) is 1. The van der Waals surface area contributed by atoms with E-state index in [2.05, 4.69) is 31.0 Å². The van der Waals surface area contributed by atoms with E-state index >= 15 is 0 Å². The minimum atomic E-state index is 0.455. The Bertz CT molecular complexity index is 272. The predicted octanol–water partition coefficient (Wildman–Crippen LogP) is 3.05. The average molecular weight is 282 g/mol. The molecule has 1 atom stereocenters. The van der Waals surface area contributed by atoms with Gasteiger partial charge in [0.05, 0.1) is 6.10 Å². The van der Waals surface area contributed by atoms with Gasteiger partial charge in [0, 0.05) is 32.3 Å². The molecule has 1 aliphatic heterocycles. The maximum atomic E-state index is 5.85. The van der Waals surface area contributed by atoms with E-state index in [1.165, 1.54) is 58.2 Å². The summed E-state index contributed by atoms with van der Waals surface area (Å²) in [5.41, 5.74) is 0.455. The zero-order valence-corrected chi connectivity index (χ0v) is 13.8. The molecule has 3 heteroatoms. The van der Waals surface area contributed by atoms with Crippen LogP contribution in [0.1, 0.15) is 59.3 Å². The van der Waals surface area contributed by atoms with Crippen molar-refractivity contribution in [3.63, 3.8) is 0 Å². The summed E-state index contributed by atoms with van der Waals surface area (Å²) in [6.07, 6.45) is 8.34. The van der Waals surface area contributed by atoms with Gasteiger partial charge < -0.3 is 15.0 Å². The number of hydrogen-bond donors (Lipinski definition) is 1. The second-order valence-corrected chi connectivity index (χ2v) is 6.82. The smallest absolute Gasteiger partial charge is 0.0702 e. The van der Waals surface area contributed by atoms with Gasteiger partial charge in [-0.25, -0.2) is 0 Å². The van der Waals surface area contributed by atoms with Crippen molar-refractivity contribution in [3.8, 4) is 0 Å². The quantitative estimate of drug-likeness (QED) is 0.703. The van der Waals surface area contributed by atoms with Gasteiger partial charge in [0.25, 0.3) is 0 Å². The number of hydrogen-bond acceptors (Lipinski definition) is 3. The van der Waals surface area contributed by atoms with Crippen molar-refractivity contribution >= 4 is 0 Å². The van der Waals surface area contributed by atoms with Crippen LogP contribution in [0.5, 0.6) is 0 Å². The average Bonchev–Trinajstić information content (AvgIpc) is 3.29. The third-order valence-corrected chi connectivity index (χ3v) is 5.27. The van der Waals surface area contributed by atoms with Gasteiger partial charge in [-0.3, -0.25) is 0 Å². The lowest BCUT2D eigenvalue weighted by Crippen LogP contribution is -2.48. The normalized spacial score (nSPS) is 25.1. The SMILES string of the molecule is CCOC1CCCN(CC(CC)(CC)CNC2CC2)C1. The highest BCUT2D eigenvalue weighted by atomic mass is 16.5. The third-order valence-electron chi connectivity index (χ3n) is 5.27. The summed E-state index contributed by atoms with van der Waals surface area (Å²) in [7, 11) is 0. The molecule has 0 aromatic heterocycles. The Morgan fingerprint density at radius 3 is 2.50 bits per heavy atom. The van der Waals surface area contributed by atoms with E-state index in [0.717, 1.165) is 19.2 Å². The first-order chi connectivity index (χ1) is 9.71. The number of rotatable bonds is 9. The van der Waals surface area contributed by atoms with E-state index in [-0.39, 0.29) is 0 Å². The molecule has 1 unspecified atom stereocenters. The lowest BCUT2D eigenvalue weighted by molar-refractivity contribution is -0.00808. The van der Waals surface area contributed by atoms with Crippen molar-refractivity contribution in [1.82, 2.24) is 10.2 Å². The minimum Gasteiger partial charge on any atom is -0.377 e. The predicted molar refractivity (Wildman–Crippen MR) is 85.1 cm³/mol. The molecule has 0 bridgehead atoms. The first-order valence-corrected chi connectivity index (χ1v) is 8.78. The van der Waals surface area contributed by atoms with E-state index in [4.69, 9.17) is 4.74 Å². The Balaban J connectivity index is 1.85. The van der Waals surface area contributed by atoms with Crippen molar-refractivity contribution in [2.24, 2.45) is 5.41 Å². The van der Waals surface area contributed by atoms with E-state index in [1.54, 1.807) is 0 Å². The summed E-state index contributed by atoms with van der Waals surface area (Å²) in [4.78, 5) is 2.66. The van der Waals surface area contributed by atoms with E-state index in [1.807, 2.05) is 0 Å². The van der Waals surface area contributed by atoms with E-state index in [0.29, 0.717) is 11.5 Å². The largest absolute Gasteiger partial charge is 0.377 e. The Labute approximate surface area is 125 Å². The number of nitrogens with one attached hydrogen (secondary N) is 1. The van der Waals surface area contributed by atoms with Crippen molar-refractivity contribution in [3.05, 3.63) is 0 Å². The molecule has 0 amide bonds. The zero-order chi connectivity index (χ0) is 14.4. The van der Waals surface area contributed by atoms with Crippen molar-refractivity contribution < 1.29 is 4.74 Å². The molecule has 1 N–H and O–H groups in total. The van der Waals surface area contributed by atoms with Gasteiger partial charge in [0.1, 0.15) is 0 Å². The molecule has 0 radical (unpaired) electrons. The maximum absolute atomic E-state index is 5.85. The van der Waals surface area contributed by atoms with Gasteiger partial charge in [-0.05, 0) is 57.4 Å². The van der Waals surface area contributed by atoms with Gasteiger partial charge in [-0.15, -0.1) is 0 Å². The lowest BCUT2D eigenvalue weighted by Gasteiger charge is -2.41. The molecule has 1 saturated carbocycles. The first-order valence-electron chi connectivity index (χ1n) is 8.78. The van der Waals surface area contributed by atoms with Crippen LogP contribution in [0.3, 0.4) is 0 Å². The van der Waals surface area contributed by atoms with Crippen LogP contribution >= 0.6 is 0 Å². The Morgan fingerprint density at radius 1 is 1.15 bits per heavy atom. The van der Waals surface area contributed by atoms with Gasteiger partial charge in [0.2, 0.25) is 0 Å². The lowest BCUT2D eigenvalue weighted by atomic mass is 9.81. The van der Waals surface area contributed by atoms with Crippen molar-refractivity contribution in [1.29, 1.82) is 0 Å². The van der Waals surface area contributed by atoms with Gasteiger partial charge in [0.15, 0.2) is 0 Å². The Hall–Kier alpha value is -0.120.